The second-order valence-electron chi connectivity index (χ2n) is 5.82. The third kappa shape index (κ3) is 5.21. The van der Waals surface area contributed by atoms with Gasteiger partial charge in [0.05, 0.1) is 6.61 Å². The summed E-state index contributed by atoms with van der Waals surface area (Å²) in [6, 6.07) is 7.56. The zero-order valence-corrected chi connectivity index (χ0v) is 12.6. The molecule has 0 aromatic heterocycles. The number of aromatic hydroxyl groups is 1. The fourth-order valence-electron chi connectivity index (χ4n) is 2.15. The van der Waals surface area contributed by atoms with Crippen molar-refractivity contribution in [2.75, 3.05) is 26.8 Å². The minimum absolute atomic E-state index is 0.168. The Kier molecular flexibility index (Phi) is 6.32. The Hall–Kier alpha value is -1.06. The van der Waals surface area contributed by atoms with Crippen molar-refractivity contribution in [1.29, 1.82) is 0 Å². The molecule has 0 radical (unpaired) electrons. The molecule has 0 bridgehead atoms. The lowest BCUT2D eigenvalue weighted by Crippen LogP contribution is -2.39. The van der Waals surface area contributed by atoms with E-state index in [0.29, 0.717) is 11.7 Å². The van der Waals surface area contributed by atoms with E-state index in [4.69, 9.17) is 4.74 Å². The summed E-state index contributed by atoms with van der Waals surface area (Å²) >= 11 is 0. The van der Waals surface area contributed by atoms with Gasteiger partial charge in [-0.15, -0.1) is 0 Å². The quantitative estimate of drug-likeness (QED) is 0.710. The van der Waals surface area contributed by atoms with Crippen molar-refractivity contribution in [2.24, 2.45) is 11.3 Å². The lowest BCUT2D eigenvalue weighted by atomic mass is 9.74. The van der Waals surface area contributed by atoms with Gasteiger partial charge in [0.2, 0.25) is 0 Å². The van der Waals surface area contributed by atoms with E-state index in [1.807, 2.05) is 12.1 Å². The number of rotatable bonds is 8. The monoisotopic (exact) mass is 265 g/mol. The van der Waals surface area contributed by atoms with Gasteiger partial charge in [-0.25, -0.2) is 0 Å². The molecule has 0 spiro atoms. The lowest BCUT2D eigenvalue weighted by Gasteiger charge is -2.34. The predicted molar refractivity (Wildman–Crippen MR) is 79.5 cm³/mol. The summed E-state index contributed by atoms with van der Waals surface area (Å²) in [6.45, 7) is 9.35. The van der Waals surface area contributed by atoms with Gasteiger partial charge in [0.15, 0.2) is 0 Å². The van der Waals surface area contributed by atoms with Crippen molar-refractivity contribution in [3.63, 3.8) is 0 Å². The van der Waals surface area contributed by atoms with Crippen molar-refractivity contribution >= 4 is 0 Å². The second-order valence-corrected chi connectivity index (χ2v) is 5.82. The van der Waals surface area contributed by atoms with Crippen molar-refractivity contribution in [2.45, 2.75) is 27.2 Å². The van der Waals surface area contributed by atoms with E-state index < -0.39 is 0 Å². The Bertz CT molecular complexity index is 379. The molecule has 3 heteroatoms. The van der Waals surface area contributed by atoms with Crippen LogP contribution in [0, 0.1) is 11.3 Å². The Morgan fingerprint density at radius 1 is 1.37 bits per heavy atom. The maximum atomic E-state index is 9.56. The zero-order chi connectivity index (χ0) is 14.3. The second kappa shape index (κ2) is 7.51. The van der Waals surface area contributed by atoms with Crippen molar-refractivity contribution < 1.29 is 9.84 Å². The minimum atomic E-state index is 0.168. The molecule has 1 aromatic carbocycles. The average Bonchev–Trinajstić information content (AvgIpc) is 2.34. The summed E-state index contributed by atoms with van der Waals surface area (Å²) in [6.07, 6.45) is 0.957. The Labute approximate surface area is 117 Å². The molecular weight excluding hydrogens is 238 g/mol. The van der Waals surface area contributed by atoms with Crippen molar-refractivity contribution in [1.82, 2.24) is 5.32 Å². The Morgan fingerprint density at radius 3 is 2.68 bits per heavy atom. The number of benzene rings is 1. The van der Waals surface area contributed by atoms with Crippen LogP contribution in [0.3, 0.4) is 0 Å². The van der Waals surface area contributed by atoms with Gasteiger partial charge in [-0.05, 0) is 35.4 Å². The van der Waals surface area contributed by atoms with Gasteiger partial charge >= 0.3 is 0 Å². The smallest absolute Gasteiger partial charge is 0.115 e. The van der Waals surface area contributed by atoms with Crippen LogP contribution in [0.4, 0.5) is 0 Å². The molecule has 0 fully saturated rings. The molecule has 0 saturated heterocycles. The maximum Gasteiger partial charge on any atom is 0.115 e. The average molecular weight is 265 g/mol. The fourth-order valence-corrected chi connectivity index (χ4v) is 2.15. The molecule has 108 valence electrons. The molecule has 3 nitrogen and oxygen atoms in total. The molecule has 0 aliphatic carbocycles. The predicted octanol–water partition coefficient (Wildman–Crippen LogP) is 2.83. The highest BCUT2D eigenvalue weighted by atomic mass is 16.5. The van der Waals surface area contributed by atoms with Crippen LogP contribution in [0.15, 0.2) is 24.3 Å². The molecule has 1 atom stereocenters. The van der Waals surface area contributed by atoms with E-state index in [1.54, 1.807) is 13.2 Å². The standard InChI is InChI=1S/C16H27NO2/c1-13(2)16(3,12-17-8-9-19-4)11-14-6-5-7-15(18)10-14/h5-7,10,13,17-18H,8-9,11-12H2,1-4H3. The number of ether oxygens (including phenoxy) is 1. The van der Waals surface area contributed by atoms with E-state index in [9.17, 15) is 5.11 Å². The fraction of sp³-hybridized carbons (Fsp3) is 0.625. The van der Waals surface area contributed by atoms with E-state index in [-0.39, 0.29) is 5.41 Å². The Balaban J connectivity index is 2.65. The first kappa shape index (κ1) is 16.0. The first-order valence-electron chi connectivity index (χ1n) is 6.95. The Morgan fingerprint density at radius 2 is 2.11 bits per heavy atom. The number of hydrogen-bond donors (Lipinski definition) is 2. The minimum Gasteiger partial charge on any atom is -0.508 e. The van der Waals surface area contributed by atoms with Crippen molar-refractivity contribution in [3.8, 4) is 5.75 Å². The van der Waals surface area contributed by atoms with Gasteiger partial charge < -0.3 is 15.2 Å². The first-order valence-corrected chi connectivity index (χ1v) is 6.95. The van der Waals surface area contributed by atoms with E-state index in [2.05, 4.69) is 32.2 Å². The van der Waals surface area contributed by atoms with Gasteiger partial charge in [0.25, 0.3) is 0 Å². The molecule has 1 aromatic rings. The number of phenols is 1. The van der Waals surface area contributed by atoms with Crippen LogP contribution < -0.4 is 5.32 Å². The molecule has 0 aliphatic rings. The van der Waals surface area contributed by atoms with E-state index >= 15 is 0 Å². The normalized spacial score (nSPS) is 14.6. The van der Waals surface area contributed by atoms with Crippen LogP contribution in [-0.2, 0) is 11.2 Å². The van der Waals surface area contributed by atoms with Crippen LogP contribution in [0.5, 0.6) is 5.75 Å². The van der Waals surface area contributed by atoms with Gasteiger partial charge in [-0.1, -0.05) is 32.9 Å². The first-order chi connectivity index (χ1) is 8.98. The van der Waals surface area contributed by atoms with E-state index in [0.717, 1.165) is 26.1 Å². The molecule has 0 aliphatic heterocycles. The van der Waals surface area contributed by atoms with Crippen LogP contribution in [-0.4, -0.2) is 31.9 Å². The molecule has 19 heavy (non-hydrogen) atoms. The van der Waals surface area contributed by atoms with Gasteiger partial charge in [0, 0.05) is 20.2 Å². The summed E-state index contributed by atoms with van der Waals surface area (Å²) in [7, 11) is 1.72. The third-order valence-corrected chi connectivity index (χ3v) is 3.92. The van der Waals surface area contributed by atoms with Gasteiger partial charge in [-0.2, -0.15) is 0 Å². The largest absolute Gasteiger partial charge is 0.508 e. The topological polar surface area (TPSA) is 41.5 Å². The molecule has 1 rings (SSSR count). The summed E-state index contributed by atoms with van der Waals surface area (Å²) in [5, 5.41) is 13.0. The summed E-state index contributed by atoms with van der Waals surface area (Å²) in [5.41, 5.74) is 1.35. The van der Waals surface area contributed by atoms with Gasteiger partial charge in [-0.3, -0.25) is 0 Å². The van der Waals surface area contributed by atoms with Crippen molar-refractivity contribution in [3.05, 3.63) is 29.8 Å². The molecule has 1 unspecified atom stereocenters. The highest BCUT2D eigenvalue weighted by Crippen LogP contribution is 2.31. The van der Waals surface area contributed by atoms with Crippen LogP contribution in [0.2, 0.25) is 0 Å². The summed E-state index contributed by atoms with van der Waals surface area (Å²) in [4.78, 5) is 0. The van der Waals surface area contributed by atoms with Crippen LogP contribution in [0.1, 0.15) is 26.3 Å². The highest BCUT2D eigenvalue weighted by Gasteiger charge is 2.28. The van der Waals surface area contributed by atoms with E-state index in [1.165, 1.54) is 5.56 Å². The van der Waals surface area contributed by atoms with Gasteiger partial charge in [0.1, 0.15) is 5.75 Å². The maximum absolute atomic E-state index is 9.56. The van der Waals surface area contributed by atoms with Crippen LogP contribution >= 0.6 is 0 Å². The summed E-state index contributed by atoms with van der Waals surface area (Å²) in [5.74, 6) is 0.904. The molecule has 0 amide bonds. The molecule has 0 heterocycles. The number of phenolic OH excluding ortho intramolecular Hbond substituents is 1. The number of methoxy groups -OCH3 is 1. The summed E-state index contributed by atoms with van der Waals surface area (Å²) < 4.78 is 5.06. The van der Waals surface area contributed by atoms with Crippen LogP contribution in [0.25, 0.3) is 0 Å². The molecule has 2 N–H and O–H groups in total. The number of hydrogen-bond acceptors (Lipinski definition) is 3. The lowest BCUT2D eigenvalue weighted by molar-refractivity contribution is 0.175. The zero-order valence-electron chi connectivity index (χ0n) is 12.6. The highest BCUT2D eigenvalue weighted by molar-refractivity contribution is 5.28. The SMILES string of the molecule is COCCNCC(C)(Cc1cccc(O)c1)C(C)C. The third-order valence-electron chi connectivity index (χ3n) is 3.92. The molecular formula is C16H27NO2. The number of nitrogens with one attached hydrogen (secondary N) is 1. The molecule has 0 saturated carbocycles.